The van der Waals surface area contributed by atoms with Crippen molar-refractivity contribution in [3.8, 4) is 0 Å². The van der Waals surface area contributed by atoms with Crippen LogP contribution in [0.3, 0.4) is 0 Å². The van der Waals surface area contributed by atoms with E-state index in [1.165, 1.54) is 41.3 Å². The zero-order valence-corrected chi connectivity index (χ0v) is 17.7. The first-order valence-corrected chi connectivity index (χ1v) is 11.2. The molecule has 0 aromatic heterocycles. The van der Waals surface area contributed by atoms with E-state index in [4.69, 9.17) is 0 Å². The third-order valence-corrected chi connectivity index (χ3v) is 6.54. The summed E-state index contributed by atoms with van der Waals surface area (Å²) in [5, 5.41) is 0. The molecule has 1 unspecified atom stereocenters. The summed E-state index contributed by atoms with van der Waals surface area (Å²) in [6.07, 6.45) is 3.83. The maximum Gasteiger partial charge on any atom is 0.246 e. The maximum atomic E-state index is 13.8. The number of sulfonamides is 1. The van der Waals surface area contributed by atoms with Crippen molar-refractivity contribution in [3.05, 3.63) is 70.2 Å². The third kappa shape index (κ3) is 5.71. The van der Waals surface area contributed by atoms with Gasteiger partial charge in [0, 0.05) is 35.2 Å². The summed E-state index contributed by atoms with van der Waals surface area (Å²) in [7, 11) is -3.90. The lowest BCUT2D eigenvalue weighted by Gasteiger charge is -2.32. The van der Waals surface area contributed by atoms with Crippen LogP contribution in [0.15, 0.2) is 57.9 Å². The average molecular weight is 485 g/mol. The first-order valence-electron chi connectivity index (χ1n) is 8.94. The molecule has 0 aliphatic carbocycles. The fourth-order valence-electron chi connectivity index (χ4n) is 3.10. The van der Waals surface area contributed by atoms with E-state index in [1.807, 2.05) is 0 Å². The molecule has 1 aliphatic heterocycles. The highest BCUT2D eigenvalue weighted by atomic mass is 79.9. The number of carbonyl (C=O) groups is 1. The summed E-state index contributed by atoms with van der Waals surface area (Å²) in [5.41, 5.74) is 0.271. The Labute approximate surface area is 176 Å². The molecule has 5 nitrogen and oxygen atoms in total. The normalized spacial score (nSPS) is 17.6. The largest absolute Gasteiger partial charge is 0.338 e. The number of rotatable bonds is 5. The van der Waals surface area contributed by atoms with Crippen molar-refractivity contribution in [2.75, 3.05) is 13.1 Å². The zero-order chi connectivity index (χ0) is 21.0. The summed E-state index contributed by atoms with van der Waals surface area (Å²) in [6, 6.07) is 8.69. The molecular formula is C20H19BrF2N2O3S. The highest BCUT2D eigenvalue weighted by Gasteiger charge is 2.27. The SMILES string of the molecule is O=C(/C=C/c1cc(Br)ccc1F)N1CCCC(NS(=O)(=O)c2cccc(F)c2)C1. The molecule has 154 valence electrons. The first kappa shape index (κ1) is 21.6. The van der Waals surface area contributed by atoms with E-state index in [1.54, 1.807) is 12.1 Å². The number of halogens is 3. The van der Waals surface area contributed by atoms with E-state index in [-0.39, 0.29) is 22.9 Å². The van der Waals surface area contributed by atoms with Gasteiger partial charge in [-0.25, -0.2) is 21.9 Å². The van der Waals surface area contributed by atoms with Gasteiger partial charge in [0.2, 0.25) is 15.9 Å². The van der Waals surface area contributed by atoms with Crippen LogP contribution in [0.25, 0.3) is 6.08 Å². The Balaban J connectivity index is 1.66. The molecule has 1 amide bonds. The fraction of sp³-hybridized carbons (Fsp3) is 0.250. The molecule has 0 bridgehead atoms. The van der Waals surface area contributed by atoms with Crippen molar-refractivity contribution in [1.29, 1.82) is 0 Å². The van der Waals surface area contributed by atoms with Gasteiger partial charge in [-0.2, -0.15) is 0 Å². The monoisotopic (exact) mass is 484 g/mol. The molecule has 1 aliphatic rings. The molecule has 0 spiro atoms. The highest BCUT2D eigenvalue weighted by Crippen LogP contribution is 2.18. The van der Waals surface area contributed by atoms with E-state index >= 15 is 0 Å². The van der Waals surface area contributed by atoms with Crippen molar-refractivity contribution >= 4 is 37.9 Å². The van der Waals surface area contributed by atoms with Gasteiger partial charge in [-0.1, -0.05) is 22.0 Å². The smallest absolute Gasteiger partial charge is 0.246 e. The summed E-state index contributed by atoms with van der Waals surface area (Å²) in [6.45, 7) is 0.654. The Morgan fingerprint density at radius 2 is 2.00 bits per heavy atom. The Hall–Kier alpha value is -2.10. The number of carbonyl (C=O) groups excluding carboxylic acids is 1. The molecule has 2 aromatic rings. The molecule has 1 fully saturated rings. The number of benzene rings is 2. The third-order valence-electron chi connectivity index (χ3n) is 4.52. The van der Waals surface area contributed by atoms with Crippen LogP contribution >= 0.6 is 15.9 Å². The van der Waals surface area contributed by atoms with E-state index in [0.717, 1.165) is 6.07 Å². The minimum absolute atomic E-state index is 0.161. The van der Waals surface area contributed by atoms with Gasteiger partial charge in [0.15, 0.2) is 0 Å². The number of amides is 1. The van der Waals surface area contributed by atoms with Gasteiger partial charge in [0.1, 0.15) is 11.6 Å². The van der Waals surface area contributed by atoms with Crippen LogP contribution in [0, 0.1) is 11.6 Å². The van der Waals surface area contributed by atoms with Crippen LogP contribution < -0.4 is 4.72 Å². The molecule has 3 rings (SSSR count). The molecule has 0 radical (unpaired) electrons. The topological polar surface area (TPSA) is 66.5 Å². The van der Waals surface area contributed by atoms with Gasteiger partial charge < -0.3 is 4.90 Å². The summed E-state index contributed by atoms with van der Waals surface area (Å²) < 4.78 is 55.3. The van der Waals surface area contributed by atoms with Crippen molar-refractivity contribution in [1.82, 2.24) is 9.62 Å². The van der Waals surface area contributed by atoms with Crippen LogP contribution in [0.2, 0.25) is 0 Å². The molecular weight excluding hydrogens is 466 g/mol. The lowest BCUT2D eigenvalue weighted by Crippen LogP contribution is -2.49. The second-order valence-corrected chi connectivity index (χ2v) is 9.33. The molecule has 1 saturated heterocycles. The van der Waals surface area contributed by atoms with E-state index in [0.29, 0.717) is 23.9 Å². The minimum atomic E-state index is -3.90. The van der Waals surface area contributed by atoms with Crippen LogP contribution in [-0.4, -0.2) is 38.4 Å². The molecule has 29 heavy (non-hydrogen) atoms. The van der Waals surface area contributed by atoms with Gasteiger partial charge in [-0.15, -0.1) is 0 Å². The number of hydrogen-bond donors (Lipinski definition) is 1. The maximum absolute atomic E-state index is 13.8. The fourth-order valence-corrected chi connectivity index (χ4v) is 4.78. The standard InChI is InChI=1S/C20H19BrF2N2O3S/c21-15-7-8-19(23)14(11-15)6-9-20(26)25-10-2-4-17(13-25)24-29(27,28)18-5-1-3-16(22)12-18/h1,3,5-9,11-12,17,24H,2,4,10,13H2/b9-6+. The summed E-state index contributed by atoms with van der Waals surface area (Å²) in [5.74, 6) is -1.42. The van der Waals surface area contributed by atoms with E-state index in [2.05, 4.69) is 20.7 Å². The second kappa shape index (κ2) is 9.15. The van der Waals surface area contributed by atoms with E-state index < -0.39 is 27.7 Å². The molecule has 1 heterocycles. The van der Waals surface area contributed by atoms with Gasteiger partial charge in [0.25, 0.3) is 0 Å². The lowest BCUT2D eigenvalue weighted by atomic mass is 10.1. The Bertz CT molecular complexity index is 1040. The minimum Gasteiger partial charge on any atom is -0.338 e. The van der Waals surface area contributed by atoms with Gasteiger partial charge >= 0.3 is 0 Å². The second-order valence-electron chi connectivity index (χ2n) is 6.70. The number of likely N-dealkylation sites (tertiary alicyclic amines) is 1. The van der Waals surface area contributed by atoms with Crippen LogP contribution in [0.4, 0.5) is 8.78 Å². The molecule has 2 aromatic carbocycles. The Morgan fingerprint density at radius 1 is 1.21 bits per heavy atom. The molecule has 1 N–H and O–H groups in total. The van der Waals surface area contributed by atoms with Gasteiger partial charge in [-0.05, 0) is 55.3 Å². The Morgan fingerprint density at radius 3 is 2.76 bits per heavy atom. The number of nitrogens with one attached hydrogen (secondary N) is 1. The van der Waals surface area contributed by atoms with Gasteiger partial charge in [-0.3, -0.25) is 4.79 Å². The van der Waals surface area contributed by atoms with Crippen LogP contribution in [-0.2, 0) is 14.8 Å². The number of hydrogen-bond acceptors (Lipinski definition) is 3. The molecule has 1 atom stereocenters. The number of nitrogens with zero attached hydrogens (tertiary/aromatic N) is 1. The first-order chi connectivity index (χ1) is 13.7. The van der Waals surface area contributed by atoms with Crippen molar-refractivity contribution < 1.29 is 22.0 Å². The predicted octanol–water partition coefficient (Wildman–Crippen LogP) is 3.71. The van der Waals surface area contributed by atoms with Crippen molar-refractivity contribution in [3.63, 3.8) is 0 Å². The Kier molecular flexibility index (Phi) is 6.81. The van der Waals surface area contributed by atoms with Gasteiger partial charge in [0.05, 0.1) is 4.90 Å². The number of piperidine rings is 1. The highest BCUT2D eigenvalue weighted by molar-refractivity contribution is 9.10. The van der Waals surface area contributed by atoms with Crippen molar-refractivity contribution in [2.24, 2.45) is 0 Å². The summed E-state index contributed by atoms with van der Waals surface area (Å²) in [4.78, 5) is 13.8. The van der Waals surface area contributed by atoms with Crippen LogP contribution in [0.1, 0.15) is 18.4 Å². The van der Waals surface area contributed by atoms with E-state index in [9.17, 15) is 22.0 Å². The lowest BCUT2D eigenvalue weighted by molar-refractivity contribution is -0.127. The zero-order valence-electron chi connectivity index (χ0n) is 15.3. The molecule has 9 heteroatoms. The molecule has 0 saturated carbocycles. The average Bonchev–Trinajstić information content (AvgIpc) is 2.68. The van der Waals surface area contributed by atoms with Crippen molar-refractivity contribution in [2.45, 2.75) is 23.8 Å². The predicted molar refractivity (Wildman–Crippen MR) is 109 cm³/mol. The summed E-state index contributed by atoms with van der Waals surface area (Å²) >= 11 is 3.25. The van der Waals surface area contributed by atoms with Crippen LogP contribution in [0.5, 0.6) is 0 Å². The quantitative estimate of drug-likeness (QED) is 0.657.